The van der Waals surface area contributed by atoms with Crippen LogP contribution in [0.4, 0.5) is 23.1 Å². The third kappa shape index (κ3) is 6.58. The molecule has 0 amide bonds. The predicted octanol–water partition coefficient (Wildman–Crippen LogP) is 6.08. The van der Waals surface area contributed by atoms with Crippen molar-refractivity contribution in [3.8, 4) is 11.5 Å². The minimum Gasteiger partial charge on any atom is -0.494 e. The summed E-state index contributed by atoms with van der Waals surface area (Å²) in [4.78, 5) is 17.2. The highest BCUT2D eigenvalue weighted by Crippen LogP contribution is 2.34. The number of nitrogens with one attached hydrogen (secondary N) is 1. The Kier molecular flexibility index (Phi) is 8.97. The molecule has 1 unspecified atom stereocenters. The third-order valence-corrected chi connectivity index (χ3v) is 6.51. The standard InChI is InChI=1S/C25H28N6O2.C4H8.H2/c1-5-31(17-26-2)21-12-11-19(14-22(21)32-4)28-25-27-15-23-24(29-25)30(3)20(16-33-23)13-18-9-7-6-8-10-18;1-2-4-3-1;/h5-12,14-15,17,20H,1,13,16H2,2-4H3,(H,27,28,29);1-4H2;1H. The van der Waals surface area contributed by atoms with Gasteiger partial charge in [0.05, 0.1) is 31.4 Å². The second-order valence-electron chi connectivity index (χ2n) is 9.04. The fourth-order valence-corrected chi connectivity index (χ4v) is 4.01. The summed E-state index contributed by atoms with van der Waals surface area (Å²) in [5.41, 5.74) is 2.89. The van der Waals surface area contributed by atoms with Crippen LogP contribution in [0.1, 0.15) is 32.7 Å². The lowest BCUT2D eigenvalue weighted by molar-refractivity contribution is 0.262. The van der Waals surface area contributed by atoms with E-state index in [4.69, 9.17) is 14.5 Å². The molecule has 2 heterocycles. The second kappa shape index (κ2) is 12.8. The Morgan fingerprint density at radius 1 is 1.22 bits per heavy atom. The van der Waals surface area contributed by atoms with Gasteiger partial charge in [0.25, 0.3) is 0 Å². The molecule has 5 rings (SSSR count). The summed E-state index contributed by atoms with van der Waals surface area (Å²) in [7, 11) is 5.38. The van der Waals surface area contributed by atoms with Crippen LogP contribution in [0.15, 0.2) is 72.5 Å². The van der Waals surface area contributed by atoms with Crippen LogP contribution in [-0.2, 0) is 6.42 Å². The van der Waals surface area contributed by atoms with E-state index in [0.29, 0.717) is 24.1 Å². The molecule has 0 saturated heterocycles. The van der Waals surface area contributed by atoms with Crippen molar-refractivity contribution in [2.75, 3.05) is 42.9 Å². The van der Waals surface area contributed by atoms with Crippen LogP contribution in [0.2, 0.25) is 0 Å². The molecule has 1 aromatic heterocycles. The third-order valence-electron chi connectivity index (χ3n) is 6.51. The zero-order valence-corrected chi connectivity index (χ0v) is 21.9. The summed E-state index contributed by atoms with van der Waals surface area (Å²) < 4.78 is 11.5. The van der Waals surface area contributed by atoms with E-state index in [0.717, 1.165) is 23.6 Å². The number of hydrogen-bond acceptors (Lipinski definition) is 7. The number of ether oxygens (including phenoxy) is 2. The van der Waals surface area contributed by atoms with Crippen molar-refractivity contribution < 1.29 is 10.9 Å². The number of aliphatic imine (C=N–C) groups is 1. The van der Waals surface area contributed by atoms with Gasteiger partial charge in [-0.3, -0.25) is 4.99 Å². The van der Waals surface area contributed by atoms with E-state index in [1.165, 1.54) is 31.2 Å². The van der Waals surface area contributed by atoms with E-state index >= 15 is 0 Å². The van der Waals surface area contributed by atoms with E-state index in [9.17, 15) is 0 Å². The molecule has 1 saturated carbocycles. The molecule has 0 bridgehead atoms. The van der Waals surface area contributed by atoms with Crippen molar-refractivity contribution >= 4 is 29.5 Å². The topological polar surface area (TPSA) is 75.1 Å². The SMILES string of the molecule is C1CCC1.C=CN(C=NC)c1ccc(Nc2ncc3c(n2)N(C)C(Cc2ccccc2)CO3)cc1OC.[HH]. The van der Waals surface area contributed by atoms with Gasteiger partial charge in [-0.15, -0.1) is 0 Å². The van der Waals surface area contributed by atoms with Crippen molar-refractivity contribution in [2.24, 2.45) is 4.99 Å². The average Bonchev–Trinajstić information content (AvgIpc) is 2.89. The minimum atomic E-state index is 0. The summed E-state index contributed by atoms with van der Waals surface area (Å²) in [5, 5.41) is 3.27. The molecule has 0 radical (unpaired) electrons. The number of nitrogens with zero attached hydrogens (tertiary/aromatic N) is 5. The highest BCUT2D eigenvalue weighted by atomic mass is 16.5. The summed E-state index contributed by atoms with van der Waals surface area (Å²) in [5.74, 6) is 2.59. The van der Waals surface area contributed by atoms with E-state index in [1.807, 2.05) is 31.3 Å². The first kappa shape index (κ1) is 26.0. The number of benzene rings is 2. The maximum absolute atomic E-state index is 5.96. The van der Waals surface area contributed by atoms with Gasteiger partial charge in [-0.1, -0.05) is 62.6 Å². The van der Waals surface area contributed by atoms with Crippen LogP contribution in [0, 0.1) is 0 Å². The van der Waals surface area contributed by atoms with Crippen LogP contribution < -0.4 is 24.6 Å². The zero-order valence-electron chi connectivity index (χ0n) is 21.9. The van der Waals surface area contributed by atoms with Gasteiger partial charge in [-0.25, -0.2) is 4.98 Å². The van der Waals surface area contributed by atoms with Gasteiger partial charge in [-0.2, -0.15) is 4.98 Å². The summed E-state index contributed by atoms with van der Waals surface area (Å²) >= 11 is 0. The number of fused-ring (bicyclic) bond motifs is 1. The zero-order chi connectivity index (χ0) is 26.0. The number of rotatable bonds is 8. The summed E-state index contributed by atoms with van der Waals surface area (Å²) in [6.45, 7) is 4.42. The minimum absolute atomic E-state index is 0. The van der Waals surface area contributed by atoms with Crippen molar-refractivity contribution in [3.05, 3.63) is 73.1 Å². The van der Waals surface area contributed by atoms with Crippen LogP contribution >= 0.6 is 0 Å². The van der Waals surface area contributed by atoms with Gasteiger partial charge >= 0.3 is 0 Å². The molecule has 196 valence electrons. The number of methoxy groups -OCH3 is 1. The first-order valence-corrected chi connectivity index (χ1v) is 12.7. The largest absolute Gasteiger partial charge is 0.494 e. The molecular formula is C29H38N6O2. The molecule has 2 aliphatic rings. The Hall–Kier alpha value is -4.07. The van der Waals surface area contributed by atoms with Crippen LogP contribution in [-0.4, -0.2) is 50.2 Å². The van der Waals surface area contributed by atoms with E-state index in [1.54, 1.807) is 37.8 Å². The Balaban J connectivity index is 0.000000732. The molecule has 8 heteroatoms. The molecule has 1 aliphatic carbocycles. The molecule has 3 aromatic rings. The van der Waals surface area contributed by atoms with Crippen LogP contribution in [0.3, 0.4) is 0 Å². The molecular weight excluding hydrogens is 464 g/mol. The predicted molar refractivity (Wildman–Crippen MR) is 154 cm³/mol. The Bertz CT molecular complexity index is 1200. The molecule has 8 nitrogen and oxygen atoms in total. The number of aromatic nitrogens is 2. The summed E-state index contributed by atoms with van der Waals surface area (Å²) in [6, 6.07) is 16.3. The van der Waals surface area contributed by atoms with Gasteiger partial charge in [-0.05, 0) is 24.1 Å². The van der Waals surface area contributed by atoms with Gasteiger partial charge < -0.3 is 24.6 Å². The van der Waals surface area contributed by atoms with Crippen molar-refractivity contribution in [1.82, 2.24) is 9.97 Å². The Morgan fingerprint density at radius 2 is 1.97 bits per heavy atom. The fourth-order valence-electron chi connectivity index (χ4n) is 4.01. The molecule has 1 atom stereocenters. The van der Waals surface area contributed by atoms with Crippen molar-refractivity contribution in [1.29, 1.82) is 0 Å². The Morgan fingerprint density at radius 3 is 2.62 bits per heavy atom. The molecule has 2 aromatic carbocycles. The maximum atomic E-state index is 5.96. The molecule has 1 fully saturated rings. The van der Waals surface area contributed by atoms with Gasteiger partial charge in [0.1, 0.15) is 12.4 Å². The first-order valence-electron chi connectivity index (χ1n) is 12.7. The molecule has 37 heavy (non-hydrogen) atoms. The number of hydrogen-bond donors (Lipinski definition) is 1. The number of anilines is 4. The van der Waals surface area contributed by atoms with Gasteiger partial charge in [0.2, 0.25) is 5.95 Å². The lowest BCUT2D eigenvalue weighted by Crippen LogP contribution is -2.42. The molecule has 0 spiro atoms. The van der Waals surface area contributed by atoms with E-state index in [-0.39, 0.29) is 7.47 Å². The van der Waals surface area contributed by atoms with Gasteiger partial charge in [0, 0.05) is 33.5 Å². The van der Waals surface area contributed by atoms with Gasteiger partial charge in [0.15, 0.2) is 11.6 Å². The Labute approximate surface area is 221 Å². The quantitative estimate of drug-likeness (QED) is 0.295. The van der Waals surface area contributed by atoms with Crippen molar-refractivity contribution in [3.63, 3.8) is 0 Å². The highest BCUT2D eigenvalue weighted by molar-refractivity contribution is 5.85. The fraction of sp³-hybridized carbons (Fsp3) is 0.345. The van der Waals surface area contributed by atoms with E-state index in [2.05, 4.69) is 51.0 Å². The first-order chi connectivity index (χ1) is 18.1. The molecule has 1 aliphatic heterocycles. The normalized spacial score (nSPS) is 16.0. The van der Waals surface area contributed by atoms with Crippen LogP contribution in [0.25, 0.3) is 0 Å². The van der Waals surface area contributed by atoms with E-state index < -0.39 is 0 Å². The highest BCUT2D eigenvalue weighted by Gasteiger charge is 2.27. The molecule has 1 N–H and O–H groups in total. The lowest BCUT2D eigenvalue weighted by Gasteiger charge is -2.34. The monoisotopic (exact) mass is 502 g/mol. The number of likely N-dealkylation sites (N-methyl/N-ethyl adjacent to an activating group) is 1. The smallest absolute Gasteiger partial charge is 0.229 e. The lowest BCUT2D eigenvalue weighted by atomic mass is 10.0. The maximum Gasteiger partial charge on any atom is 0.229 e. The van der Waals surface area contributed by atoms with Crippen LogP contribution in [0.5, 0.6) is 11.5 Å². The average molecular weight is 503 g/mol. The summed E-state index contributed by atoms with van der Waals surface area (Å²) in [6.07, 6.45) is 11.9. The second-order valence-corrected chi connectivity index (χ2v) is 9.04. The van der Waals surface area contributed by atoms with Crippen molar-refractivity contribution in [2.45, 2.75) is 38.1 Å².